The van der Waals surface area contributed by atoms with Crippen molar-refractivity contribution in [2.75, 3.05) is 0 Å². The van der Waals surface area contributed by atoms with Gasteiger partial charge in [0.15, 0.2) is 0 Å². The third kappa shape index (κ3) is 51.1. The van der Waals surface area contributed by atoms with Crippen molar-refractivity contribution in [3.63, 3.8) is 0 Å². The second kappa shape index (κ2) is 32.6. The monoisotopic (exact) mass is 664 g/mol. The number of unbranched alkanes of at least 4 members (excludes halogenated alkanes) is 18. The van der Waals surface area contributed by atoms with Crippen LogP contribution in [-0.4, -0.2) is 24.5 Å². The number of aryl methyl sites for hydroxylation is 2. The molecule has 238 valence electrons. The van der Waals surface area contributed by atoms with Crippen molar-refractivity contribution in [1.82, 2.24) is 0 Å². The molecular weight excluding hydrogens is 605 g/mol. The molecule has 0 saturated heterocycles. The molecule has 6 nitrogen and oxygen atoms in total. The molecule has 0 amide bonds. The van der Waals surface area contributed by atoms with E-state index in [4.69, 9.17) is 24.5 Å². The normalized spacial score (nSPS) is 11.1. The maximum Gasteiger partial charge on any atom is 1.00 e. The molecule has 0 fully saturated rings. The van der Waals surface area contributed by atoms with Crippen molar-refractivity contribution < 1.29 is 58.6 Å². The van der Waals surface area contributed by atoms with Crippen LogP contribution in [-0.2, 0) is 29.2 Å². The molecule has 0 spiro atoms. The summed E-state index contributed by atoms with van der Waals surface area (Å²) in [6, 6.07) is 10.5. The van der Waals surface area contributed by atoms with Crippen LogP contribution in [0.5, 0.6) is 0 Å². The Morgan fingerprint density at radius 2 is 0.829 bits per heavy atom. The quantitative estimate of drug-likeness (QED) is 0.0272. The van der Waals surface area contributed by atoms with Crippen molar-refractivity contribution in [3.05, 3.63) is 35.4 Å². The second-order valence-corrected chi connectivity index (χ2v) is 15.7. The predicted molar refractivity (Wildman–Crippen MR) is 178 cm³/mol. The summed E-state index contributed by atoms with van der Waals surface area (Å²) >= 11 is 6.39. The molecule has 1 rings (SSSR count). The van der Waals surface area contributed by atoms with Crippen LogP contribution in [0.3, 0.4) is 0 Å². The standard InChI is InChI=1S/C30H53.Na.2H3O3PS/c1-3-5-7-9-11-13-15-17-19-21-24-29-26-23-27-30(28-29)25-22-20-18-16-14-12-10-8-6-4-2;;2*1-4(2,3)5/h23,26-27H,3-22,24-25H2,1-2H3;;2*(H3,1,2,3,5)/q-1;+1;;. The minimum absolute atomic E-state index is 0. The maximum absolute atomic E-state index is 9.19. The molecule has 1 aromatic carbocycles. The van der Waals surface area contributed by atoms with Gasteiger partial charge in [-0.25, -0.2) is 4.57 Å². The number of benzene rings is 1. The molecule has 0 aromatic heterocycles. The Bertz CT molecular complexity index is 701. The van der Waals surface area contributed by atoms with E-state index in [0.717, 1.165) is 0 Å². The van der Waals surface area contributed by atoms with E-state index >= 15 is 0 Å². The summed E-state index contributed by atoms with van der Waals surface area (Å²) in [5, 5.41) is 0. The Morgan fingerprint density at radius 1 is 0.610 bits per heavy atom. The van der Waals surface area contributed by atoms with E-state index in [-0.39, 0.29) is 29.6 Å². The number of thiol groups is 1. The Kier molecular flexibility index (Phi) is 37.1. The molecule has 1 aromatic rings. The fourth-order valence-electron chi connectivity index (χ4n) is 4.47. The van der Waals surface area contributed by atoms with Gasteiger partial charge in [0.25, 0.3) is 0 Å². The van der Waals surface area contributed by atoms with Gasteiger partial charge in [0.2, 0.25) is 0 Å². The van der Waals surface area contributed by atoms with Gasteiger partial charge < -0.3 is 24.5 Å². The minimum Gasteiger partial charge on any atom is -0.325 e. The van der Waals surface area contributed by atoms with E-state index in [1.54, 1.807) is 0 Å². The van der Waals surface area contributed by atoms with Crippen molar-refractivity contribution in [2.45, 2.75) is 155 Å². The van der Waals surface area contributed by atoms with Gasteiger partial charge in [-0.1, -0.05) is 167 Å². The maximum atomic E-state index is 9.19. The summed E-state index contributed by atoms with van der Waals surface area (Å²) in [7, 11) is 0. The van der Waals surface area contributed by atoms with Crippen LogP contribution in [0.4, 0.5) is 0 Å². The van der Waals surface area contributed by atoms with E-state index < -0.39 is 13.5 Å². The molecule has 0 saturated carbocycles. The van der Waals surface area contributed by atoms with E-state index in [9.17, 15) is 4.57 Å². The van der Waals surface area contributed by atoms with Crippen LogP contribution in [0.15, 0.2) is 18.2 Å². The first-order valence-electron chi connectivity index (χ1n) is 15.4. The van der Waals surface area contributed by atoms with E-state index in [1.807, 2.05) is 0 Å². The van der Waals surface area contributed by atoms with Gasteiger partial charge in [-0.3, -0.25) is 0 Å². The van der Waals surface area contributed by atoms with Gasteiger partial charge in [-0.05, 0) is 11.8 Å². The van der Waals surface area contributed by atoms with Gasteiger partial charge in [0.05, 0.1) is 0 Å². The van der Waals surface area contributed by atoms with Crippen LogP contribution in [0.1, 0.15) is 153 Å². The summed E-state index contributed by atoms with van der Waals surface area (Å²) in [4.78, 5) is 37.7. The van der Waals surface area contributed by atoms with Gasteiger partial charge >= 0.3 is 43.1 Å². The third-order valence-electron chi connectivity index (χ3n) is 6.52. The van der Waals surface area contributed by atoms with E-state index in [0.29, 0.717) is 0 Å². The van der Waals surface area contributed by atoms with Crippen LogP contribution in [0.25, 0.3) is 0 Å². The Morgan fingerprint density at radius 3 is 1.07 bits per heavy atom. The fraction of sp³-hybridized carbons (Fsp3) is 0.800. The smallest absolute Gasteiger partial charge is 0.325 e. The molecule has 0 aliphatic rings. The van der Waals surface area contributed by atoms with Crippen LogP contribution < -0.4 is 29.6 Å². The zero-order valence-corrected chi connectivity index (χ0v) is 31.7. The topological polar surface area (TPSA) is 118 Å². The molecule has 0 atom stereocenters. The first-order valence-corrected chi connectivity index (χ1v) is 20.9. The third-order valence-corrected chi connectivity index (χ3v) is 6.52. The van der Waals surface area contributed by atoms with Crippen molar-refractivity contribution in [1.29, 1.82) is 0 Å². The van der Waals surface area contributed by atoms with Gasteiger partial charge in [-0.15, -0.1) is 0 Å². The average molecular weight is 665 g/mol. The molecule has 5 N–H and O–H groups in total. The average Bonchev–Trinajstić information content (AvgIpc) is 2.84. The van der Waals surface area contributed by atoms with Crippen LogP contribution >= 0.6 is 25.8 Å². The van der Waals surface area contributed by atoms with Gasteiger partial charge in [0, 0.05) is 0 Å². The largest absolute Gasteiger partial charge is 1.00 e. The van der Waals surface area contributed by atoms with Crippen molar-refractivity contribution >= 4 is 37.6 Å². The van der Waals surface area contributed by atoms with E-state index in [1.165, 1.54) is 152 Å². The molecule has 0 radical (unpaired) electrons. The SMILES string of the molecule is CCCCCCCCCCCCc1[c-]c(CCCCCCCCCCCC)ccc1.O=P(O)(O)S.OP(O)(O)=S.[Na+]. The minimum atomic E-state index is -3.94. The molecule has 0 aliphatic heterocycles. The fourth-order valence-corrected chi connectivity index (χ4v) is 4.47. The molecule has 0 heterocycles. The number of rotatable bonds is 22. The summed E-state index contributed by atoms with van der Waals surface area (Å²) < 4.78 is 9.19. The molecule has 0 aliphatic carbocycles. The summed E-state index contributed by atoms with van der Waals surface area (Å²) in [5.41, 5.74) is 2.89. The van der Waals surface area contributed by atoms with Crippen molar-refractivity contribution in [2.24, 2.45) is 0 Å². The van der Waals surface area contributed by atoms with Crippen molar-refractivity contribution in [3.8, 4) is 0 Å². The van der Waals surface area contributed by atoms with Crippen LogP contribution in [0, 0.1) is 6.07 Å². The number of hydrogen-bond donors (Lipinski definition) is 6. The Balaban J connectivity index is -0.00000112. The molecule has 11 heteroatoms. The zero-order chi connectivity index (χ0) is 30.5. The summed E-state index contributed by atoms with van der Waals surface area (Å²) in [6.45, 7) is -3.16. The second-order valence-electron chi connectivity index (χ2n) is 10.6. The Hall–Kier alpha value is 1.25. The van der Waals surface area contributed by atoms with Crippen LogP contribution in [0.2, 0.25) is 0 Å². The molecular formula is C30H59NaO6P2S2. The first-order chi connectivity index (χ1) is 18.9. The van der Waals surface area contributed by atoms with E-state index in [2.05, 4.69) is 62.2 Å². The predicted octanol–water partition coefficient (Wildman–Crippen LogP) is 6.61. The Labute approximate surface area is 284 Å². The van der Waals surface area contributed by atoms with Gasteiger partial charge in [-0.2, -0.15) is 35.4 Å². The molecule has 0 bridgehead atoms. The van der Waals surface area contributed by atoms with Gasteiger partial charge in [0.1, 0.15) is 0 Å². The summed E-state index contributed by atoms with van der Waals surface area (Å²) in [5.74, 6) is 0. The number of hydrogen-bond acceptors (Lipinski definition) is 2. The molecule has 41 heavy (non-hydrogen) atoms. The first kappa shape index (κ1) is 46.7. The zero-order valence-electron chi connectivity index (χ0n) is 26.2. The molecule has 0 unspecified atom stereocenters. The summed E-state index contributed by atoms with van der Waals surface area (Å²) in [6.07, 6.45) is 30.8.